The van der Waals surface area contributed by atoms with Crippen molar-refractivity contribution in [3.8, 4) is 0 Å². The molecule has 0 saturated carbocycles. The number of hydrogen-bond acceptors (Lipinski definition) is 9. The van der Waals surface area contributed by atoms with Crippen molar-refractivity contribution in [2.75, 3.05) is 18.2 Å². The Morgan fingerprint density at radius 2 is 2.11 bits per heavy atom. The van der Waals surface area contributed by atoms with Gasteiger partial charge in [0.15, 0.2) is 17.1 Å². The van der Waals surface area contributed by atoms with Crippen LogP contribution >= 0.6 is 15.2 Å². The molecule has 27 heavy (non-hydrogen) atoms. The van der Waals surface area contributed by atoms with Gasteiger partial charge in [0.25, 0.3) is 5.56 Å². The van der Waals surface area contributed by atoms with E-state index in [1.165, 1.54) is 10.9 Å². The van der Waals surface area contributed by atoms with Gasteiger partial charge in [-0.3, -0.25) is 23.5 Å². The van der Waals surface area contributed by atoms with Crippen molar-refractivity contribution in [1.29, 1.82) is 0 Å². The average Bonchev–Trinajstić information content (AvgIpc) is 3.06. The first-order chi connectivity index (χ1) is 12.5. The molecule has 1 fully saturated rings. The quantitative estimate of drug-likeness (QED) is 0.296. The van der Waals surface area contributed by atoms with E-state index in [0.717, 1.165) is 0 Å². The van der Waals surface area contributed by atoms with E-state index in [2.05, 4.69) is 15.0 Å². The number of rotatable bonds is 6. The fourth-order valence-electron chi connectivity index (χ4n) is 2.70. The summed E-state index contributed by atoms with van der Waals surface area (Å²) in [5, 5.41) is 0. The molecule has 0 aromatic carbocycles. The van der Waals surface area contributed by atoms with Crippen LogP contribution in [0.25, 0.3) is 11.2 Å². The summed E-state index contributed by atoms with van der Waals surface area (Å²) in [6.07, 6.45) is 0.0657. The van der Waals surface area contributed by atoms with E-state index >= 15 is 0 Å². The number of ether oxygens (including phenoxy) is 1. The summed E-state index contributed by atoms with van der Waals surface area (Å²) in [5.41, 5.74) is 11.2. The number of nitrogens with two attached hydrogens (primary N) is 2. The maximum absolute atomic E-state index is 11.8. The van der Waals surface area contributed by atoms with Gasteiger partial charge < -0.3 is 35.4 Å². The molecule has 0 aliphatic carbocycles. The highest BCUT2D eigenvalue weighted by Gasteiger charge is 2.38. The van der Waals surface area contributed by atoms with Crippen LogP contribution in [0.4, 0.5) is 5.95 Å². The van der Waals surface area contributed by atoms with Crippen LogP contribution in [-0.2, 0) is 18.4 Å². The Balaban J connectivity index is 1.73. The van der Waals surface area contributed by atoms with Crippen molar-refractivity contribution >= 4 is 32.3 Å². The highest BCUT2D eigenvalue weighted by molar-refractivity contribution is 7.70. The van der Waals surface area contributed by atoms with Crippen molar-refractivity contribution in [1.82, 2.24) is 19.5 Å². The van der Waals surface area contributed by atoms with Crippen molar-refractivity contribution in [3.05, 3.63) is 16.7 Å². The van der Waals surface area contributed by atoms with E-state index in [0.29, 0.717) is 0 Å². The Kier molecular flexibility index (Phi) is 5.27. The molecular formula is C11H18N6O8P2. The first-order valence-corrected chi connectivity index (χ1v) is 11.2. The van der Waals surface area contributed by atoms with Crippen LogP contribution in [0.15, 0.2) is 11.1 Å². The second-order valence-electron chi connectivity index (χ2n) is 6.04. The predicted octanol–water partition coefficient (Wildman–Crippen LogP) is -1.35. The second kappa shape index (κ2) is 7.08. The van der Waals surface area contributed by atoms with E-state index in [-0.39, 0.29) is 23.5 Å². The zero-order chi connectivity index (χ0) is 20.0. The molecule has 16 heteroatoms. The molecule has 2 aromatic heterocycles. The number of nitrogen functional groups attached to an aromatic ring is 1. The van der Waals surface area contributed by atoms with Gasteiger partial charge >= 0.3 is 15.2 Å². The fourth-order valence-corrected chi connectivity index (χ4v) is 5.27. The van der Waals surface area contributed by atoms with Crippen LogP contribution in [0.1, 0.15) is 12.6 Å². The molecular weight excluding hydrogens is 406 g/mol. The lowest BCUT2D eigenvalue weighted by atomic mass is 10.1. The van der Waals surface area contributed by atoms with Crippen molar-refractivity contribution in [2.24, 2.45) is 5.73 Å². The summed E-state index contributed by atoms with van der Waals surface area (Å²) in [7, 11) is -9.24. The second-order valence-corrected chi connectivity index (χ2v) is 10.0. The maximum atomic E-state index is 11.8. The van der Waals surface area contributed by atoms with E-state index in [1.54, 1.807) is 0 Å². The number of anilines is 1. The van der Waals surface area contributed by atoms with Gasteiger partial charge in [-0.25, -0.2) is 4.98 Å². The number of nitrogens with one attached hydrogen (secondary N) is 1. The topological polar surface area (TPSA) is 229 Å². The number of H-pyrrole nitrogens is 1. The lowest BCUT2D eigenvalue weighted by Gasteiger charge is -2.19. The zero-order valence-corrected chi connectivity index (χ0v) is 15.5. The number of aromatic amines is 1. The molecule has 2 aromatic rings. The van der Waals surface area contributed by atoms with Gasteiger partial charge in [-0.1, -0.05) is 0 Å². The molecule has 0 amide bonds. The van der Waals surface area contributed by atoms with Crippen LogP contribution in [-0.4, -0.2) is 58.9 Å². The Morgan fingerprint density at radius 3 is 2.78 bits per heavy atom. The standard InChI is InChI=1S/C11H18N6O8P2/c12-5-1-7(17-3-14-8-9(17)15-11(13)16-10(8)18)25-6(5)2-24-27(22,23)4-26(19,20)21/h3,5-7H,1-2,4,12H2,(H,22,23)(H2,19,20,21)(H3,13,15,16,18)/t5?,6-,7-/m1/s1. The highest BCUT2D eigenvalue weighted by Crippen LogP contribution is 2.55. The molecule has 14 nitrogen and oxygen atoms in total. The first-order valence-electron chi connectivity index (χ1n) is 7.59. The normalized spacial score (nSPS) is 25.7. The van der Waals surface area contributed by atoms with Gasteiger partial charge in [0, 0.05) is 12.5 Å². The van der Waals surface area contributed by atoms with E-state index in [9.17, 15) is 18.8 Å². The minimum absolute atomic E-state index is 0.0579. The number of nitrogens with zero attached hydrogens (tertiary/aromatic N) is 3. The van der Waals surface area contributed by atoms with Crippen molar-refractivity contribution in [2.45, 2.75) is 24.8 Å². The molecule has 1 saturated heterocycles. The highest BCUT2D eigenvalue weighted by atomic mass is 31.2. The van der Waals surface area contributed by atoms with Crippen LogP contribution < -0.4 is 17.0 Å². The summed E-state index contributed by atoms with van der Waals surface area (Å²) < 4.78 is 34.5. The number of aromatic nitrogens is 4. The van der Waals surface area contributed by atoms with Gasteiger partial charge in [0.2, 0.25) is 5.95 Å². The third-order valence-corrected chi connectivity index (χ3v) is 7.30. The van der Waals surface area contributed by atoms with Crippen molar-refractivity contribution in [3.63, 3.8) is 0 Å². The number of hydrogen-bond donors (Lipinski definition) is 6. The van der Waals surface area contributed by atoms with Gasteiger partial charge in [-0.05, 0) is 0 Å². The Bertz CT molecular complexity index is 1000. The molecule has 0 spiro atoms. The zero-order valence-electron chi connectivity index (χ0n) is 13.7. The van der Waals surface area contributed by atoms with Crippen LogP contribution in [0.3, 0.4) is 0 Å². The van der Waals surface area contributed by atoms with Gasteiger partial charge in [-0.15, -0.1) is 0 Å². The molecule has 0 radical (unpaired) electrons. The summed E-state index contributed by atoms with van der Waals surface area (Å²) in [6, 6.07) is -0.609. The molecule has 0 bridgehead atoms. The Hall–Kier alpha value is -1.63. The Labute approximate surface area is 151 Å². The van der Waals surface area contributed by atoms with Gasteiger partial charge in [0.05, 0.1) is 19.0 Å². The summed E-state index contributed by atoms with van der Waals surface area (Å²) in [4.78, 5) is 49.2. The van der Waals surface area contributed by atoms with E-state index in [1.807, 2.05) is 0 Å². The Morgan fingerprint density at radius 1 is 1.41 bits per heavy atom. The summed E-state index contributed by atoms with van der Waals surface area (Å²) >= 11 is 0. The molecule has 1 aliphatic heterocycles. The van der Waals surface area contributed by atoms with Crippen LogP contribution in [0.5, 0.6) is 0 Å². The van der Waals surface area contributed by atoms with Crippen LogP contribution in [0, 0.1) is 0 Å². The molecule has 150 valence electrons. The average molecular weight is 424 g/mol. The maximum Gasteiger partial charge on any atom is 0.340 e. The minimum atomic E-state index is -4.73. The summed E-state index contributed by atoms with van der Waals surface area (Å²) in [5.74, 6) is -1.40. The largest absolute Gasteiger partial charge is 0.369 e. The molecule has 1 aliphatic rings. The predicted molar refractivity (Wildman–Crippen MR) is 91.8 cm³/mol. The van der Waals surface area contributed by atoms with E-state index < -0.39 is 51.6 Å². The minimum Gasteiger partial charge on any atom is -0.369 e. The molecule has 2 unspecified atom stereocenters. The summed E-state index contributed by atoms with van der Waals surface area (Å²) in [6.45, 7) is -0.450. The van der Waals surface area contributed by atoms with Crippen LogP contribution in [0.2, 0.25) is 0 Å². The first kappa shape index (κ1) is 20.1. The number of fused-ring (bicyclic) bond motifs is 1. The lowest BCUT2D eigenvalue weighted by molar-refractivity contribution is -0.0199. The monoisotopic (exact) mass is 424 g/mol. The molecule has 3 heterocycles. The SMILES string of the molecule is Nc1nc2c(ncn2[C@H]2CC(N)[C@@H](COP(=O)(O)CP(=O)(O)O)O2)c(=O)[nH]1. The molecule has 3 rings (SSSR count). The third-order valence-electron chi connectivity index (χ3n) is 3.85. The van der Waals surface area contributed by atoms with Gasteiger partial charge in [-0.2, -0.15) is 4.98 Å². The lowest BCUT2D eigenvalue weighted by Crippen LogP contribution is -2.33. The molecule has 4 atom stereocenters. The number of imidazole rings is 1. The molecule has 8 N–H and O–H groups in total. The van der Waals surface area contributed by atoms with Gasteiger partial charge in [0.1, 0.15) is 6.23 Å². The van der Waals surface area contributed by atoms with Crippen molar-refractivity contribution < 1.29 is 33.1 Å². The van der Waals surface area contributed by atoms with E-state index in [4.69, 9.17) is 30.5 Å². The smallest absolute Gasteiger partial charge is 0.340 e. The fraction of sp³-hybridized carbons (Fsp3) is 0.545. The third kappa shape index (κ3) is 4.62.